The molecule has 2 atom stereocenters. The Morgan fingerprint density at radius 2 is 2.12 bits per heavy atom. The van der Waals surface area contributed by atoms with Gasteiger partial charge in [-0.3, -0.25) is 4.79 Å². The van der Waals surface area contributed by atoms with Gasteiger partial charge in [-0.1, -0.05) is 23.4 Å². The molecule has 0 fully saturated rings. The van der Waals surface area contributed by atoms with Crippen LogP contribution in [0.15, 0.2) is 64.2 Å². The molecule has 0 aliphatic heterocycles. The largest absolute Gasteiger partial charge is 0.512 e. The van der Waals surface area contributed by atoms with Crippen LogP contribution in [0.3, 0.4) is 0 Å². The van der Waals surface area contributed by atoms with Gasteiger partial charge < -0.3 is 14.7 Å². The van der Waals surface area contributed by atoms with Crippen LogP contribution in [0, 0.1) is 0 Å². The summed E-state index contributed by atoms with van der Waals surface area (Å²) in [4.78, 5) is 17.6. The number of aliphatic hydroxyl groups is 1. The lowest BCUT2D eigenvalue weighted by molar-refractivity contribution is -0.116. The van der Waals surface area contributed by atoms with Crippen LogP contribution in [0.25, 0.3) is 0 Å². The number of allylic oxidation sites excluding steroid dienone is 6. The molecule has 0 heterocycles. The summed E-state index contributed by atoms with van der Waals surface area (Å²) in [5.41, 5.74) is 1.84. The minimum absolute atomic E-state index is 0.0459. The Labute approximate surface area is 190 Å². The number of benzene rings is 1. The van der Waals surface area contributed by atoms with Gasteiger partial charge >= 0.3 is 0 Å². The first-order chi connectivity index (χ1) is 15.4. The van der Waals surface area contributed by atoms with Gasteiger partial charge in [-0.2, -0.15) is 0 Å². The van der Waals surface area contributed by atoms with Gasteiger partial charge in [0, 0.05) is 24.6 Å². The van der Waals surface area contributed by atoms with Crippen molar-refractivity contribution >= 4 is 28.1 Å². The van der Waals surface area contributed by atoms with E-state index in [2.05, 4.69) is 5.16 Å². The maximum Gasteiger partial charge on any atom is 0.195 e. The Morgan fingerprint density at radius 1 is 1.31 bits per heavy atom. The maximum absolute atomic E-state index is 14.6. The summed E-state index contributed by atoms with van der Waals surface area (Å²) < 4.78 is 31.6. The smallest absolute Gasteiger partial charge is 0.195 e. The van der Waals surface area contributed by atoms with Gasteiger partial charge in [-0.25, -0.2) is 8.60 Å². The maximum atomic E-state index is 14.6. The zero-order valence-corrected chi connectivity index (χ0v) is 18.9. The summed E-state index contributed by atoms with van der Waals surface area (Å²) in [6, 6.07) is 7.05. The van der Waals surface area contributed by atoms with Crippen LogP contribution in [-0.2, 0) is 20.9 Å². The lowest BCUT2D eigenvalue weighted by atomic mass is 9.81. The number of ketones is 1. The van der Waals surface area contributed by atoms with E-state index in [0.29, 0.717) is 42.8 Å². The summed E-state index contributed by atoms with van der Waals surface area (Å²) in [5, 5.41) is 14.2. The summed E-state index contributed by atoms with van der Waals surface area (Å²) in [7, 11) is 0. The van der Waals surface area contributed by atoms with Gasteiger partial charge in [0.25, 0.3) is 0 Å². The molecule has 0 saturated carbocycles. The molecule has 170 valence electrons. The molecule has 32 heavy (non-hydrogen) atoms. The molecule has 1 aromatic carbocycles. The number of aliphatic hydroxyl groups excluding tert-OH is 1. The fourth-order valence-electron chi connectivity index (χ4n) is 3.71. The second-order valence-corrected chi connectivity index (χ2v) is 8.21. The topological polar surface area (TPSA) is 85.2 Å². The number of rotatable bonds is 8. The summed E-state index contributed by atoms with van der Waals surface area (Å²) in [6.07, 6.45) is 4.68. The van der Waals surface area contributed by atoms with Crippen LogP contribution in [0.5, 0.6) is 5.75 Å². The SMILES string of the molecule is CCON=CCCC1=C(O)CC(c2cccc(OC3=CC=C(C)C(=S=O)C3F)c2)CC1=O. The van der Waals surface area contributed by atoms with Gasteiger partial charge in [-0.05, 0) is 62.0 Å². The average Bonchev–Trinajstić information content (AvgIpc) is 2.77. The highest BCUT2D eigenvalue weighted by atomic mass is 32.1. The van der Waals surface area contributed by atoms with Crippen molar-refractivity contribution in [1.29, 1.82) is 0 Å². The number of alkyl halides is 1. The van der Waals surface area contributed by atoms with Crippen molar-refractivity contribution in [3.63, 3.8) is 0 Å². The molecule has 6 nitrogen and oxygen atoms in total. The Kier molecular flexibility index (Phi) is 8.16. The third kappa shape index (κ3) is 5.62. The fraction of sp³-hybridized carbons (Fsp3) is 0.375. The van der Waals surface area contributed by atoms with Gasteiger partial charge in [0.15, 0.2) is 12.0 Å². The summed E-state index contributed by atoms with van der Waals surface area (Å²) in [6.45, 7) is 3.99. The minimum Gasteiger partial charge on any atom is -0.512 e. The van der Waals surface area contributed by atoms with Crippen molar-refractivity contribution in [2.75, 3.05) is 6.61 Å². The first kappa shape index (κ1) is 23.7. The van der Waals surface area contributed by atoms with Crippen molar-refractivity contribution < 1.29 is 28.1 Å². The highest BCUT2D eigenvalue weighted by Crippen LogP contribution is 2.36. The van der Waals surface area contributed by atoms with Crippen LogP contribution in [-0.4, -0.2) is 39.0 Å². The van der Waals surface area contributed by atoms with E-state index in [1.165, 1.54) is 6.08 Å². The van der Waals surface area contributed by atoms with Gasteiger partial charge in [0.2, 0.25) is 0 Å². The molecule has 0 spiro atoms. The number of oxime groups is 1. The molecule has 1 aromatic rings. The standard InChI is InChI=1S/C24H26FNO5S/c1-3-30-26-11-5-8-19-20(27)13-17(14-21(19)28)16-6-4-7-18(12-16)31-22-10-9-15(2)24(32-29)23(22)25/h4,6-7,9-12,17,23,27H,3,5,8,13-14H2,1-2H3. The van der Waals surface area contributed by atoms with Crippen molar-refractivity contribution in [2.24, 2.45) is 5.16 Å². The lowest BCUT2D eigenvalue weighted by Gasteiger charge is -2.24. The van der Waals surface area contributed by atoms with Gasteiger partial charge in [0.05, 0.1) is 21.9 Å². The number of halogens is 1. The van der Waals surface area contributed by atoms with Crippen LogP contribution >= 0.6 is 0 Å². The van der Waals surface area contributed by atoms with Gasteiger partial charge in [0.1, 0.15) is 18.1 Å². The van der Waals surface area contributed by atoms with Crippen molar-refractivity contribution in [3.05, 3.63) is 64.6 Å². The third-order valence-electron chi connectivity index (χ3n) is 5.38. The number of carbonyl (C=O) groups excluding carboxylic acids is 1. The monoisotopic (exact) mass is 459 g/mol. The van der Waals surface area contributed by atoms with E-state index in [4.69, 9.17) is 9.57 Å². The molecule has 3 rings (SSSR count). The molecule has 8 heteroatoms. The molecule has 2 aliphatic rings. The molecule has 0 radical (unpaired) electrons. The average molecular weight is 460 g/mol. The van der Waals surface area contributed by atoms with E-state index in [1.807, 2.05) is 13.0 Å². The van der Waals surface area contributed by atoms with E-state index < -0.39 is 6.17 Å². The highest BCUT2D eigenvalue weighted by molar-refractivity contribution is 7.67. The molecular weight excluding hydrogens is 433 g/mol. The predicted molar refractivity (Wildman–Crippen MR) is 123 cm³/mol. The zero-order valence-electron chi connectivity index (χ0n) is 18.0. The molecule has 1 N–H and O–H groups in total. The molecular formula is C24H26FNO5S. The van der Waals surface area contributed by atoms with E-state index in [9.17, 15) is 18.5 Å². The Hall–Kier alpha value is -3.00. The Bertz CT molecular complexity index is 1050. The molecule has 0 saturated heterocycles. The quantitative estimate of drug-likeness (QED) is 0.346. The highest BCUT2D eigenvalue weighted by Gasteiger charge is 2.29. The first-order valence-corrected chi connectivity index (χ1v) is 11.2. The number of hydrogen-bond acceptors (Lipinski definition) is 6. The minimum atomic E-state index is -1.61. The lowest BCUT2D eigenvalue weighted by Crippen LogP contribution is -2.25. The first-order valence-electron chi connectivity index (χ1n) is 10.5. The summed E-state index contributed by atoms with van der Waals surface area (Å²) >= 11 is 0.129. The van der Waals surface area contributed by atoms with Crippen molar-refractivity contribution in [2.45, 2.75) is 51.6 Å². The number of hydrogen-bond donors (Lipinski definition) is 1. The predicted octanol–water partition coefficient (Wildman–Crippen LogP) is 4.69. The molecule has 0 amide bonds. The van der Waals surface area contributed by atoms with E-state index in [0.717, 1.165) is 5.56 Å². The second-order valence-electron chi connectivity index (χ2n) is 7.60. The van der Waals surface area contributed by atoms with Crippen LogP contribution < -0.4 is 4.74 Å². The normalized spacial score (nSPS) is 21.5. The third-order valence-corrected chi connectivity index (χ3v) is 6.09. The number of Topliss-reactive ketones (excluding diaryl/α,β-unsaturated/α-hetero) is 1. The second kappa shape index (κ2) is 11.0. The summed E-state index contributed by atoms with van der Waals surface area (Å²) in [5.74, 6) is 0.252. The van der Waals surface area contributed by atoms with Gasteiger partial charge in [-0.15, -0.1) is 0 Å². The Balaban J connectivity index is 1.71. The number of carbonyl (C=O) groups is 1. The van der Waals surface area contributed by atoms with Crippen LogP contribution in [0.2, 0.25) is 0 Å². The van der Waals surface area contributed by atoms with Crippen molar-refractivity contribution in [3.8, 4) is 5.75 Å². The molecule has 0 aromatic heterocycles. The Morgan fingerprint density at radius 3 is 2.84 bits per heavy atom. The van der Waals surface area contributed by atoms with Crippen molar-refractivity contribution in [1.82, 2.24) is 0 Å². The van der Waals surface area contributed by atoms with E-state index in [-0.39, 0.29) is 45.8 Å². The van der Waals surface area contributed by atoms with E-state index >= 15 is 0 Å². The number of nitrogens with zero attached hydrogens (tertiary/aromatic N) is 1. The zero-order chi connectivity index (χ0) is 23.1. The van der Waals surface area contributed by atoms with Crippen LogP contribution in [0.4, 0.5) is 4.39 Å². The molecule has 2 unspecified atom stereocenters. The molecule has 2 aliphatic carbocycles. The fourth-order valence-corrected chi connectivity index (χ4v) is 4.11. The van der Waals surface area contributed by atoms with E-state index in [1.54, 1.807) is 37.4 Å². The molecule has 0 bridgehead atoms. The number of ether oxygens (including phenoxy) is 1. The van der Waals surface area contributed by atoms with Crippen LogP contribution in [0.1, 0.15) is 51.0 Å².